The Balaban J connectivity index is 1.65. The monoisotopic (exact) mass is 573 g/mol. The molecule has 1 heterocycles. The molecule has 1 aliphatic rings. The first-order chi connectivity index (χ1) is 18.6. The van der Waals surface area contributed by atoms with Crippen LogP contribution in [0.4, 0.5) is 13.2 Å². The zero-order chi connectivity index (χ0) is 28.0. The molecule has 3 aromatic carbocycles. The fraction of sp³-hybridized carbons (Fsp3) is 0.179. The summed E-state index contributed by atoms with van der Waals surface area (Å²) in [7, 11) is 0. The molecular formula is C28H22F3NO5S2. The van der Waals surface area contributed by atoms with E-state index in [0.717, 1.165) is 22.2 Å². The van der Waals surface area contributed by atoms with Gasteiger partial charge in [-0.05, 0) is 29.3 Å². The number of carbonyl (C=O) groups is 2. The van der Waals surface area contributed by atoms with E-state index in [2.05, 4.69) is 0 Å². The second-order valence-electron chi connectivity index (χ2n) is 8.40. The fourth-order valence-corrected chi connectivity index (χ4v) is 5.01. The molecule has 1 aliphatic heterocycles. The predicted octanol–water partition coefficient (Wildman–Crippen LogP) is 6.28. The molecule has 39 heavy (non-hydrogen) atoms. The highest BCUT2D eigenvalue weighted by molar-refractivity contribution is 8.26. The van der Waals surface area contributed by atoms with Crippen LogP contribution in [0.5, 0.6) is 11.5 Å². The molecule has 4 rings (SSSR count). The minimum absolute atomic E-state index is 0.0761. The van der Waals surface area contributed by atoms with Crippen molar-refractivity contribution < 1.29 is 37.3 Å². The molecule has 0 saturated carbocycles. The van der Waals surface area contributed by atoms with Gasteiger partial charge in [0.05, 0.1) is 11.5 Å². The van der Waals surface area contributed by atoms with Crippen LogP contribution in [-0.2, 0) is 16.0 Å². The number of hydrogen-bond acceptors (Lipinski definition) is 6. The number of thiocarbonyl (C=S) groups is 1. The van der Waals surface area contributed by atoms with Crippen molar-refractivity contribution in [2.75, 3.05) is 13.2 Å². The van der Waals surface area contributed by atoms with Gasteiger partial charge in [0.2, 0.25) is 6.10 Å². The van der Waals surface area contributed by atoms with Crippen LogP contribution in [0.1, 0.15) is 22.8 Å². The Bertz CT molecular complexity index is 1380. The Kier molecular flexibility index (Phi) is 8.93. The quantitative estimate of drug-likeness (QED) is 0.226. The summed E-state index contributed by atoms with van der Waals surface area (Å²) < 4.78 is 53.7. The number of nitrogens with zero attached hydrogens (tertiary/aromatic N) is 1. The third-order valence-corrected chi connectivity index (χ3v) is 6.95. The SMILES string of the molecule is O=C(O)CN1C(=O)/C(=C/c2ccc(OCCc3ccccc3)c(O[C@H](c3ccccc3)C(F)(F)F)c2)SC1=S. The number of ether oxygens (including phenoxy) is 2. The molecule has 1 fully saturated rings. The van der Waals surface area contributed by atoms with Crippen molar-refractivity contribution in [3.63, 3.8) is 0 Å². The van der Waals surface area contributed by atoms with E-state index in [-0.39, 0.29) is 32.9 Å². The summed E-state index contributed by atoms with van der Waals surface area (Å²) in [6.07, 6.45) is -5.04. The van der Waals surface area contributed by atoms with E-state index < -0.39 is 30.7 Å². The predicted molar refractivity (Wildman–Crippen MR) is 145 cm³/mol. The number of aliphatic carboxylic acids is 1. The highest BCUT2D eigenvalue weighted by Gasteiger charge is 2.43. The molecule has 202 valence electrons. The average molecular weight is 574 g/mol. The normalized spacial score (nSPS) is 15.5. The molecule has 0 bridgehead atoms. The molecule has 6 nitrogen and oxygen atoms in total. The molecule has 3 aromatic rings. The molecular weight excluding hydrogens is 551 g/mol. The van der Waals surface area contributed by atoms with Crippen molar-refractivity contribution >= 4 is 46.3 Å². The standard InChI is InChI=1S/C28H22F3NO5S2/c29-28(30,31)25(20-9-5-2-6-10-20)37-22-15-19(16-23-26(35)32(17-24(33)34)27(38)39-23)11-12-21(22)36-14-13-18-7-3-1-4-8-18/h1-12,15-16,25H,13-14,17H2,(H,33,34)/b23-16-/t25-/m1/s1. The number of hydrogen-bond donors (Lipinski definition) is 1. The van der Waals surface area contributed by atoms with E-state index in [1.807, 2.05) is 30.3 Å². The number of thioether (sulfide) groups is 1. The van der Waals surface area contributed by atoms with Crippen LogP contribution in [0.2, 0.25) is 0 Å². The van der Waals surface area contributed by atoms with Crippen LogP contribution in [0, 0.1) is 0 Å². The van der Waals surface area contributed by atoms with E-state index in [0.29, 0.717) is 12.0 Å². The van der Waals surface area contributed by atoms with Gasteiger partial charge in [0.25, 0.3) is 5.91 Å². The topological polar surface area (TPSA) is 76.1 Å². The van der Waals surface area contributed by atoms with E-state index in [4.69, 9.17) is 26.8 Å². The van der Waals surface area contributed by atoms with Gasteiger partial charge in [-0.15, -0.1) is 0 Å². The third kappa shape index (κ3) is 7.39. The zero-order valence-electron chi connectivity index (χ0n) is 20.3. The van der Waals surface area contributed by atoms with Crippen LogP contribution in [0.3, 0.4) is 0 Å². The maximum Gasteiger partial charge on any atom is 0.429 e. The van der Waals surface area contributed by atoms with Crippen molar-refractivity contribution in [3.8, 4) is 11.5 Å². The summed E-state index contributed by atoms with van der Waals surface area (Å²) in [6, 6.07) is 21.1. The molecule has 0 aromatic heterocycles. The molecule has 0 spiro atoms. The molecule has 1 N–H and O–H groups in total. The summed E-state index contributed by atoms with van der Waals surface area (Å²) in [5.74, 6) is -1.88. The lowest BCUT2D eigenvalue weighted by molar-refractivity contribution is -0.198. The molecule has 0 radical (unpaired) electrons. The Morgan fingerprint density at radius 1 is 1.03 bits per heavy atom. The molecule has 1 atom stereocenters. The van der Waals surface area contributed by atoms with Gasteiger partial charge in [-0.3, -0.25) is 14.5 Å². The second-order valence-corrected chi connectivity index (χ2v) is 10.1. The maximum absolute atomic E-state index is 14.1. The van der Waals surface area contributed by atoms with Crippen LogP contribution in [0.25, 0.3) is 6.08 Å². The number of carboxylic acids is 1. The first-order valence-corrected chi connectivity index (χ1v) is 12.9. The fourth-order valence-electron chi connectivity index (χ4n) is 3.75. The summed E-state index contributed by atoms with van der Waals surface area (Å²) in [5.41, 5.74) is 1.27. The Morgan fingerprint density at radius 2 is 1.69 bits per heavy atom. The van der Waals surface area contributed by atoms with Gasteiger partial charge in [-0.25, -0.2) is 0 Å². The smallest absolute Gasteiger partial charge is 0.429 e. The summed E-state index contributed by atoms with van der Waals surface area (Å²) in [6.45, 7) is -0.398. The number of alkyl halides is 3. The van der Waals surface area contributed by atoms with E-state index in [1.54, 1.807) is 12.1 Å². The lowest BCUT2D eigenvalue weighted by Crippen LogP contribution is -2.33. The van der Waals surface area contributed by atoms with Crippen LogP contribution in [-0.4, -0.2) is 45.5 Å². The molecule has 11 heteroatoms. The highest BCUT2D eigenvalue weighted by atomic mass is 32.2. The minimum atomic E-state index is -4.72. The summed E-state index contributed by atoms with van der Waals surface area (Å²) in [5, 5.41) is 9.03. The lowest BCUT2D eigenvalue weighted by atomic mass is 10.1. The van der Waals surface area contributed by atoms with Gasteiger partial charge in [0.15, 0.2) is 11.5 Å². The van der Waals surface area contributed by atoms with Gasteiger partial charge in [0.1, 0.15) is 10.9 Å². The lowest BCUT2D eigenvalue weighted by Gasteiger charge is -2.24. The van der Waals surface area contributed by atoms with Crippen molar-refractivity contribution in [1.29, 1.82) is 0 Å². The Morgan fingerprint density at radius 3 is 2.33 bits per heavy atom. The molecule has 1 saturated heterocycles. The number of halogens is 3. The van der Waals surface area contributed by atoms with Crippen molar-refractivity contribution in [3.05, 3.63) is 100 Å². The minimum Gasteiger partial charge on any atom is -0.489 e. The number of rotatable bonds is 10. The van der Waals surface area contributed by atoms with E-state index in [9.17, 15) is 22.8 Å². The number of benzene rings is 3. The van der Waals surface area contributed by atoms with E-state index in [1.165, 1.54) is 42.5 Å². The van der Waals surface area contributed by atoms with Gasteiger partial charge in [-0.2, -0.15) is 13.2 Å². The molecule has 0 aliphatic carbocycles. The van der Waals surface area contributed by atoms with Crippen molar-refractivity contribution in [1.82, 2.24) is 4.90 Å². The average Bonchev–Trinajstić information content (AvgIpc) is 3.15. The zero-order valence-corrected chi connectivity index (χ0v) is 21.9. The molecule has 0 unspecified atom stereocenters. The second kappa shape index (κ2) is 12.4. The Hall–Kier alpha value is -3.83. The Labute approximate surface area is 232 Å². The number of amides is 1. The van der Waals surface area contributed by atoms with Gasteiger partial charge < -0.3 is 14.6 Å². The number of carbonyl (C=O) groups excluding carboxylic acids is 1. The van der Waals surface area contributed by atoms with E-state index >= 15 is 0 Å². The van der Waals surface area contributed by atoms with Crippen molar-refractivity contribution in [2.24, 2.45) is 0 Å². The van der Waals surface area contributed by atoms with Gasteiger partial charge in [0, 0.05) is 12.0 Å². The summed E-state index contributed by atoms with van der Waals surface area (Å²) >= 11 is 6.02. The molecule has 1 amide bonds. The van der Waals surface area contributed by atoms with Crippen LogP contribution < -0.4 is 9.47 Å². The van der Waals surface area contributed by atoms with Crippen LogP contribution in [0.15, 0.2) is 83.8 Å². The van der Waals surface area contributed by atoms with Gasteiger partial charge >= 0.3 is 12.1 Å². The number of carboxylic acid groups (broad SMARTS) is 1. The van der Waals surface area contributed by atoms with Crippen molar-refractivity contribution in [2.45, 2.75) is 18.7 Å². The first kappa shape index (κ1) is 28.2. The largest absolute Gasteiger partial charge is 0.489 e. The highest BCUT2D eigenvalue weighted by Crippen LogP contribution is 2.41. The maximum atomic E-state index is 14.1. The first-order valence-electron chi connectivity index (χ1n) is 11.7. The van der Waals surface area contributed by atoms with Crippen LogP contribution >= 0.6 is 24.0 Å². The van der Waals surface area contributed by atoms with Gasteiger partial charge in [-0.1, -0.05) is 90.7 Å². The summed E-state index contributed by atoms with van der Waals surface area (Å²) in [4.78, 5) is 24.8. The third-order valence-electron chi connectivity index (χ3n) is 5.57.